The Hall–Kier alpha value is -1.92. The van der Waals surface area contributed by atoms with Gasteiger partial charge < -0.3 is 20.0 Å². The summed E-state index contributed by atoms with van der Waals surface area (Å²) in [6.45, 7) is 8.52. The Kier molecular flexibility index (Phi) is 32.9. The number of unbranched alkanes of at least 4 members (excludes halogenated alkanes) is 20. The van der Waals surface area contributed by atoms with E-state index in [9.17, 15) is 9.59 Å². The highest BCUT2D eigenvalue weighted by molar-refractivity contribution is 5.91. The van der Waals surface area contributed by atoms with Gasteiger partial charge in [-0.3, -0.25) is 9.59 Å². The van der Waals surface area contributed by atoms with E-state index in [0.717, 1.165) is 77.4 Å². The molecular formula is C48H90N4O2. The fourth-order valence-corrected chi connectivity index (χ4v) is 7.69. The Labute approximate surface area is 336 Å². The van der Waals surface area contributed by atoms with Gasteiger partial charge in [0.2, 0.25) is 11.8 Å². The van der Waals surface area contributed by atoms with E-state index in [2.05, 4.69) is 86.6 Å². The molecule has 0 aromatic carbocycles. The van der Waals surface area contributed by atoms with Crippen LogP contribution in [-0.2, 0) is 9.59 Å². The molecule has 314 valence electrons. The van der Waals surface area contributed by atoms with Crippen molar-refractivity contribution in [1.82, 2.24) is 20.0 Å². The predicted molar refractivity (Wildman–Crippen MR) is 236 cm³/mol. The highest BCUT2D eigenvalue weighted by atomic mass is 16.2. The van der Waals surface area contributed by atoms with Crippen molar-refractivity contribution in [2.75, 3.05) is 53.9 Å². The number of amides is 2. The summed E-state index contributed by atoms with van der Waals surface area (Å²) in [7, 11) is 6.30. The summed E-state index contributed by atoms with van der Waals surface area (Å²) in [5.74, 6) is 0.262. The molecule has 2 amide bonds. The van der Waals surface area contributed by atoms with Crippen molar-refractivity contribution >= 4 is 11.8 Å². The average Bonchev–Trinajstić information content (AvgIpc) is 3.16. The molecule has 0 aliphatic carbocycles. The maximum Gasteiger partial charge on any atom is 0.246 e. The van der Waals surface area contributed by atoms with Crippen molar-refractivity contribution in [3.8, 4) is 0 Å². The summed E-state index contributed by atoms with van der Waals surface area (Å²) < 4.78 is 0. The Morgan fingerprint density at radius 2 is 1.02 bits per heavy atom. The molecule has 1 saturated heterocycles. The highest BCUT2D eigenvalue weighted by Crippen LogP contribution is 2.31. The molecule has 0 atom stereocenters. The maximum absolute atomic E-state index is 14.1. The quantitative estimate of drug-likeness (QED) is 0.0511. The van der Waals surface area contributed by atoms with Crippen molar-refractivity contribution in [3.63, 3.8) is 0 Å². The van der Waals surface area contributed by atoms with E-state index < -0.39 is 5.54 Å². The molecule has 1 rings (SSSR count). The molecule has 0 aromatic heterocycles. The maximum atomic E-state index is 14.1. The van der Waals surface area contributed by atoms with Gasteiger partial charge in [-0.25, -0.2) is 0 Å². The van der Waals surface area contributed by atoms with E-state index in [4.69, 9.17) is 0 Å². The van der Waals surface area contributed by atoms with Crippen LogP contribution in [0.5, 0.6) is 0 Å². The lowest BCUT2D eigenvalue weighted by molar-refractivity contribution is -0.151. The number of carbonyl (C=O) groups is 2. The molecule has 0 unspecified atom stereocenters. The summed E-state index contributed by atoms with van der Waals surface area (Å²) in [6.07, 6.45) is 47.8. The van der Waals surface area contributed by atoms with Crippen LogP contribution < -0.4 is 5.32 Å². The van der Waals surface area contributed by atoms with Gasteiger partial charge in [0.1, 0.15) is 5.54 Å². The number of piperidine rings is 1. The summed E-state index contributed by atoms with van der Waals surface area (Å²) in [6, 6.07) is 0. The molecule has 1 N–H and O–H groups in total. The Balaban J connectivity index is 2.46. The Bertz CT molecular complexity index is 966. The number of likely N-dealkylation sites (tertiary alicyclic amines) is 1. The molecule has 1 aliphatic heterocycles. The number of hydrogen-bond acceptors (Lipinski definition) is 4. The second-order valence-electron chi connectivity index (χ2n) is 16.7. The van der Waals surface area contributed by atoms with Crippen molar-refractivity contribution in [1.29, 1.82) is 0 Å². The van der Waals surface area contributed by atoms with Crippen LogP contribution in [0.25, 0.3) is 0 Å². The van der Waals surface area contributed by atoms with Crippen LogP contribution in [0.1, 0.15) is 200 Å². The average molecular weight is 755 g/mol. The predicted octanol–water partition coefficient (Wildman–Crippen LogP) is 12.2. The van der Waals surface area contributed by atoms with E-state index in [1.165, 1.54) is 122 Å². The van der Waals surface area contributed by atoms with Crippen LogP contribution in [0.2, 0.25) is 0 Å². The van der Waals surface area contributed by atoms with Gasteiger partial charge in [0.25, 0.3) is 0 Å². The van der Waals surface area contributed by atoms with Crippen LogP contribution in [0.15, 0.2) is 36.5 Å². The van der Waals surface area contributed by atoms with Crippen LogP contribution in [0, 0.1) is 0 Å². The molecule has 0 bridgehead atoms. The molecular weight excluding hydrogens is 665 g/mol. The smallest absolute Gasteiger partial charge is 0.246 e. The van der Waals surface area contributed by atoms with Crippen LogP contribution in [0.3, 0.4) is 0 Å². The monoisotopic (exact) mass is 755 g/mol. The first-order valence-corrected chi connectivity index (χ1v) is 23.2. The highest BCUT2D eigenvalue weighted by Gasteiger charge is 2.47. The number of nitrogens with one attached hydrogen (secondary N) is 1. The second-order valence-corrected chi connectivity index (χ2v) is 16.7. The van der Waals surface area contributed by atoms with E-state index in [0.29, 0.717) is 19.5 Å². The molecule has 0 radical (unpaired) electrons. The largest absolute Gasteiger partial charge is 0.354 e. The van der Waals surface area contributed by atoms with Crippen molar-refractivity contribution in [3.05, 3.63) is 36.5 Å². The van der Waals surface area contributed by atoms with Gasteiger partial charge in [-0.1, -0.05) is 140 Å². The fourth-order valence-electron chi connectivity index (χ4n) is 7.69. The molecule has 0 saturated carbocycles. The normalized spacial score (nSPS) is 15.0. The molecule has 0 aromatic rings. The molecule has 0 spiro atoms. The van der Waals surface area contributed by atoms with Gasteiger partial charge >= 0.3 is 0 Å². The van der Waals surface area contributed by atoms with E-state index >= 15 is 0 Å². The van der Waals surface area contributed by atoms with Gasteiger partial charge in [0.05, 0.1) is 0 Å². The van der Waals surface area contributed by atoms with E-state index in [-0.39, 0.29) is 11.8 Å². The standard InChI is InChI=1S/C48H90N4O2/c1-6-8-10-12-14-16-18-20-22-24-26-28-30-32-34-36-41-49-47(54)48(39-44-51(5)45-40-48)52(43-37-42-50(3)4)46(53)38-35-33-31-29-27-25-23-21-19-17-15-13-11-9-7-2/h15,17,20-23H,6-14,16,18-19,24-45H2,1-5H3,(H,49,54)/b17-15-,22-20-,23-21-. The summed E-state index contributed by atoms with van der Waals surface area (Å²) in [4.78, 5) is 34.6. The first-order valence-electron chi connectivity index (χ1n) is 23.2. The third kappa shape index (κ3) is 26.0. The summed E-state index contributed by atoms with van der Waals surface area (Å²) in [5.41, 5.74) is -0.727. The lowest BCUT2D eigenvalue weighted by atomic mass is 9.83. The topological polar surface area (TPSA) is 55.9 Å². The summed E-state index contributed by atoms with van der Waals surface area (Å²) in [5, 5.41) is 3.33. The zero-order valence-corrected chi connectivity index (χ0v) is 36.7. The SMILES string of the molecule is CCCCC/C=C\C/C=C\CCCCCCCC(=O)N(CCCN(C)C)C1(C(=O)NCCCCCCCC/C=C\CCCCCCCC)CCN(C)CC1. The van der Waals surface area contributed by atoms with Gasteiger partial charge in [0.15, 0.2) is 0 Å². The minimum Gasteiger partial charge on any atom is -0.354 e. The van der Waals surface area contributed by atoms with Crippen LogP contribution in [0.4, 0.5) is 0 Å². The summed E-state index contributed by atoms with van der Waals surface area (Å²) >= 11 is 0. The number of allylic oxidation sites excluding steroid dienone is 6. The first-order chi connectivity index (χ1) is 26.4. The third-order valence-electron chi connectivity index (χ3n) is 11.4. The zero-order valence-electron chi connectivity index (χ0n) is 36.7. The number of rotatable bonds is 36. The second kappa shape index (κ2) is 35.5. The lowest BCUT2D eigenvalue weighted by Crippen LogP contribution is -2.64. The van der Waals surface area contributed by atoms with Crippen LogP contribution >= 0.6 is 0 Å². The zero-order chi connectivity index (χ0) is 39.4. The minimum atomic E-state index is -0.727. The minimum absolute atomic E-state index is 0.0848. The van der Waals surface area contributed by atoms with Gasteiger partial charge in [0, 0.05) is 32.6 Å². The number of nitrogens with zero attached hydrogens (tertiary/aromatic N) is 3. The van der Waals surface area contributed by atoms with Gasteiger partial charge in [-0.2, -0.15) is 0 Å². The molecule has 1 aliphatic rings. The molecule has 6 nitrogen and oxygen atoms in total. The van der Waals surface area contributed by atoms with Gasteiger partial charge in [-0.15, -0.1) is 0 Å². The number of carbonyl (C=O) groups excluding carboxylic acids is 2. The molecule has 54 heavy (non-hydrogen) atoms. The van der Waals surface area contributed by atoms with Crippen molar-refractivity contribution < 1.29 is 9.59 Å². The first kappa shape index (κ1) is 50.1. The molecule has 1 fully saturated rings. The molecule has 6 heteroatoms. The Morgan fingerprint density at radius 1 is 0.574 bits per heavy atom. The van der Waals surface area contributed by atoms with Crippen molar-refractivity contribution in [2.24, 2.45) is 0 Å². The lowest BCUT2D eigenvalue weighted by Gasteiger charge is -2.47. The van der Waals surface area contributed by atoms with Crippen LogP contribution in [-0.4, -0.2) is 85.9 Å². The fraction of sp³-hybridized carbons (Fsp3) is 0.833. The van der Waals surface area contributed by atoms with E-state index in [1.807, 2.05) is 4.90 Å². The third-order valence-corrected chi connectivity index (χ3v) is 11.4. The molecule has 1 heterocycles. The van der Waals surface area contributed by atoms with Gasteiger partial charge in [-0.05, 0) is 118 Å². The van der Waals surface area contributed by atoms with Crippen molar-refractivity contribution in [2.45, 2.75) is 206 Å². The van der Waals surface area contributed by atoms with E-state index in [1.54, 1.807) is 0 Å². The number of hydrogen-bond donors (Lipinski definition) is 1. The Morgan fingerprint density at radius 3 is 1.56 bits per heavy atom.